The molecular formula is C9H17NO2. The van der Waals surface area contributed by atoms with Crippen molar-refractivity contribution in [1.82, 2.24) is 4.90 Å². The topological polar surface area (TPSA) is 40.5 Å². The van der Waals surface area contributed by atoms with Gasteiger partial charge in [-0.1, -0.05) is 6.42 Å². The molecule has 3 heteroatoms. The van der Waals surface area contributed by atoms with Crippen LogP contribution in [0.1, 0.15) is 25.7 Å². The van der Waals surface area contributed by atoms with Crippen LogP contribution in [-0.2, 0) is 4.79 Å². The number of rotatable bonds is 5. The van der Waals surface area contributed by atoms with E-state index < -0.39 is 5.97 Å². The van der Waals surface area contributed by atoms with E-state index in [1.54, 1.807) is 0 Å². The normalized spacial score (nSPS) is 17.8. The van der Waals surface area contributed by atoms with Gasteiger partial charge in [0.25, 0.3) is 0 Å². The Hall–Kier alpha value is -0.570. The van der Waals surface area contributed by atoms with Crippen molar-refractivity contribution in [2.75, 3.05) is 20.1 Å². The summed E-state index contributed by atoms with van der Waals surface area (Å²) in [5.74, 6) is 0.138. The fourth-order valence-electron chi connectivity index (χ4n) is 1.49. The minimum absolute atomic E-state index is 0.267. The van der Waals surface area contributed by atoms with Crippen molar-refractivity contribution in [2.45, 2.75) is 25.7 Å². The number of hydrogen-bond donors (Lipinski definition) is 1. The summed E-state index contributed by atoms with van der Waals surface area (Å²) in [6.07, 6.45) is 4.29. The van der Waals surface area contributed by atoms with E-state index in [2.05, 4.69) is 4.90 Å². The van der Waals surface area contributed by atoms with Crippen LogP contribution in [0.25, 0.3) is 0 Å². The number of carboxylic acids is 1. The quantitative estimate of drug-likeness (QED) is 0.675. The molecule has 12 heavy (non-hydrogen) atoms. The fourth-order valence-corrected chi connectivity index (χ4v) is 1.49. The van der Waals surface area contributed by atoms with Crippen molar-refractivity contribution in [3.63, 3.8) is 0 Å². The van der Waals surface area contributed by atoms with Crippen molar-refractivity contribution in [2.24, 2.45) is 5.92 Å². The zero-order chi connectivity index (χ0) is 8.97. The second-order valence-electron chi connectivity index (χ2n) is 3.70. The van der Waals surface area contributed by atoms with E-state index >= 15 is 0 Å². The zero-order valence-electron chi connectivity index (χ0n) is 7.62. The van der Waals surface area contributed by atoms with E-state index in [0.29, 0.717) is 6.54 Å². The van der Waals surface area contributed by atoms with Crippen LogP contribution in [0.15, 0.2) is 0 Å². The first-order valence-corrected chi connectivity index (χ1v) is 4.59. The zero-order valence-corrected chi connectivity index (χ0v) is 7.62. The second kappa shape index (κ2) is 4.45. The van der Waals surface area contributed by atoms with Crippen LogP contribution in [0.4, 0.5) is 0 Å². The first-order chi connectivity index (χ1) is 5.68. The molecule has 0 aliphatic heterocycles. The Balaban J connectivity index is 2.02. The van der Waals surface area contributed by atoms with Crippen molar-refractivity contribution >= 4 is 5.97 Å². The molecule has 0 aromatic rings. The van der Waals surface area contributed by atoms with Gasteiger partial charge in [0.05, 0.1) is 6.42 Å². The van der Waals surface area contributed by atoms with Crippen LogP contribution in [-0.4, -0.2) is 36.1 Å². The summed E-state index contributed by atoms with van der Waals surface area (Å²) in [5, 5.41) is 8.44. The average Bonchev–Trinajstić information content (AvgIpc) is 1.93. The Labute approximate surface area is 73.4 Å². The first-order valence-electron chi connectivity index (χ1n) is 4.59. The predicted molar refractivity (Wildman–Crippen MR) is 47.1 cm³/mol. The second-order valence-corrected chi connectivity index (χ2v) is 3.70. The lowest BCUT2D eigenvalue weighted by Gasteiger charge is -2.29. The molecule has 1 aliphatic rings. The van der Waals surface area contributed by atoms with E-state index in [9.17, 15) is 4.79 Å². The third kappa shape index (κ3) is 3.22. The highest BCUT2D eigenvalue weighted by atomic mass is 16.4. The summed E-state index contributed by atoms with van der Waals surface area (Å²) in [5.41, 5.74) is 0. The number of aliphatic carboxylic acids is 1. The van der Waals surface area contributed by atoms with Gasteiger partial charge in [0, 0.05) is 13.1 Å². The molecule has 0 heterocycles. The molecule has 0 amide bonds. The Morgan fingerprint density at radius 2 is 2.25 bits per heavy atom. The molecule has 1 rings (SSSR count). The van der Waals surface area contributed by atoms with Gasteiger partial charge >= 0.3 is 5.97 Å². The third-order valence-corrected chi connectivity index (χ3v) is 2.50. The molecule has 70 valence electrons. The maximum Gasteiger partial charge on any atom is 0.304 e. The van der Waals surface area contributed by atoms with Gasteiger partial charge in [0.1, 0.15) is 0 Å². The molecule has 3 nitrogen and oxygen atoms in total. The molecule has 1 fully saturated rings. The average molecular weight is 171 g/mol. The summed E-state index contributed by atoms with van der Waals surface area (Å²) in [4.78, 5) is 12.4. The van der Waals surface area contributed by atoms with Gasteiger partial charge in [-0.25, -0.2) is 0 Å². The van der Waals surface area contributed by atoms with Gasteiger partial charge in [-0.05, 0) is 25.8 Å². The van der Waals surface area contributed by atoms with E-state index in [-0.39, 0.29) is 6.42 Å². The van der Waals surface area contributed by atoms with Crippen molar-refractivity contribution in [3.05, 3.63) is 0 Å². The highest BCUT2D eigenvalue weighted by molar-refractivity contribution is 5.66. The minimum atomic E-state index is -0.699. The first kappa shape index (κ1) is 9.52. The summed E-state index contributed by atoms with van der Waals surface area (Å²) < 4.78 is 0. The summed E-state index contributed by atoms with van der Waals surface area (Å²) >= 11 is 0. The fraction of sp³-hybridized carbons (Fsp3) is 0.889. The number of hydrogen-bond acceptors (Lipinski definition) is 2. The molecule has 0 unspecified atom stereocenters. The largest absolute Gasteiger partial charge is 0.481 e. The minimum Gasteiger partial charge on any atom is -0.481 e. The van der Waals surface area contributed by atoms with Gasteiger partial charge in [-0.15, -0.1) is 0 Å². The molecular weight excluding hydrogens is 154 g/mol. The Morgan fingerprint density at radius 1 is 1.58 bits per heavy atom. The maximum atomic E-state index is 10.2. The van der Waals surface area contributed by atoms with Gasteiger partial charge < -0.3 is 10.0 Å². The lowest BCUT2D eigenvalue weighted by Crippen LogP contribution is -2.30. The molecule has 0 aromatic heterocycles. The molecule has 0 saturated heterocycles. The van der Waals surface area contributed by atoms with Crippen LogP contribution in [0.2, 0.25) is 0 Å². The van der Waals surface area contributed by atoms with E-state index in [1.807, 2.05) is 7.05 Å². The third-order valence-electron chi connectivity index (χ3n) is 2.50. The van der Waals surface area contributed by atoms with Gasteiger partial charge in [0.2, 0.25) is 0 Å². The summed E-state index contributed by atoms with van der Waals surface area (Å²) in [6.45, 7) is 1.76. The van der Waals surface area contributed by atoms with E-state index in [1.165, 1.54) is 19.3 Å². The number of carboxylic acid groups (broad SMARTS) is 1. The molecule has 1 aliphatic carbocycles. The maximum absolute atomic E-state index is 10.2. The Bertz CT molecular complexity index is 155. The molecule has 0 atom stereocenters. The molecule has 0 aromatic carbocycles. The van der Waals surface area contributed by atoms with Gasteiger partial charge in [-0.2, -0.15) is 0 Å². The van der Waals surface area contributed by atoms with E-state index in [4.69, 9.17) is 5.11 Å². The SMILES string of the molecule is CN(CCC(=O)O)CC1CCC1. The summed E-state index contributed by atoms with van der Waals surface area (Å²) in [7, 11) is 2.00. The van der Waals surface area contributed by atoms with Crippen LogP contribution in [0.5, 0.6) is 0 Å². The van der Waals surface area contributed by atoms with Crippen LogP contribution in [0.3, 0.4) is 0 Å². The van der Waals surface area contributed by atoms with Crippen molar-refractivity contribution in [3.8, 4) is 0 Å². The highest BCUT2D eigenvalue weighted by Crippen LogP contribution is 2.26. The lowest BCUT2D eigenvalue weighted by molar-refractivity contribution is -0.137. The van der Waals surface area contributed by atoms with Gasteiger partial charge in [0.15, 0.2) is 0 Å². The Kier molecular flexibility index (Phi) is 3.53. The summed E-state index contributed by atoms with van der Waals surface area (Å²) in [6, 6.07) is 0. The van der Waals surface area contributed by atoms with Gasteiger partial charge in [-0.3, -0.25) is 4.79 Å². The Morgan fingerprint density at radius 3 is 2.67 bits per heavy atom. The predicted octanol–water partition coefficient (Wildman–Crippen LogP) is 1.19. The standard InChI is InChI=1S/C9H17NO2/c1-10(6-5-9(11)12)7-8-3-2-4-8/h8H,2-7H2,1H3,(H,11,12). The molecule has 0 bridgehead atoms. The van der Waals surface area contributed by atoms with Crippen molar-refractivity contribution in [1.29, 1.82) is 0 Å². The number of nitrogens with zero attached hydrogens (tertiary/aromatic N) is 1. The van der Waals surface area contributed by atoms with E-state index in [0.717, 1.165) is 12.5 Å². The van der Waals surface area contributed by atoms with Crippen LogP contribution < -0.4 is 0 Å². The molecule has 1 N–H and O–H groups in total. The van der Waals surface area contributed by atoms with Crippen LogP contribution in [0, 0.1) is 5.92 Å². The smallest absolute Gasteiger partial charge is 0.304 e. The lowest BCUT2D eigenvalue weighted by atomic mass is 9.85. The molecule has 1 saturated carbocycles. The monoisotopic (exact) mass is 171 g/mol. The van der Waals surface area contributed by atoms with Crippen molar-refractivity contribution < 1.29 is 9.90 Å². The highest BCUT2D eigenvalue weighted by Gasteiger charge is 2.18. The number of carbonyl (C=O) groups is 1. The molecule has 0 spiro atoms. The molecule has 0 radical (unpaired) electrons. The van der Waals surface area contributed by atoms with Crippen LogP contribution >= 0.6 is 0 Å².